The number of aromatic nitrogens is 2. The molecule has 0 saturated heterocycles. The van der Waals surface area contributed by atoms with Crippen LogP contribution in [0.2, 0.25) is 10.2 Å². The van der Waals surface area contributed by atoms with Gasteiger partial charge in [-0.25, -0.2) is 9.97 Å². The van der Waals surface area contributed by atoms with Crippen molar-refractivity contribution in [2.24, 2.45) is 0 Å². The van der Waals surface area contributed by atoms with Crippen LogP contribution in [-0.4, -0.2) is 17.0 Å². The Hall–Kier alpha value is -1.32. The number of hydrogen-bond donors (Lipinski definition) is 0. The second-order valence-electron chi connectivity index (χ2n) is 5.13. The van der Waals surface area contributed by atoms with E-state index < -0.39 is 0 Å². The standard InChI is InChI=1S/C15H15Cl2N3/c1-20(9-11-4-2-3-5-12(11)16)14-8-13(17)18-15(19-14)10-6-7-10/h2-5,8,10H,6-7,9H2,1H3. The second-order valence-corrected chi connectivity index (χ2v) is 5.92. The third kappa shape index (κ3) is 3.05. The quantitative estimate of drug-likeness (QED) is 0.789. The van der Waals surface area contributed by atoms with Gasteiger partial charge in [0, 0.05) is 30.6 Å². The third-order valence-corrected chi connectivity index (χ3v) is 3.96. The maximum atomic E-state index is 6.19. The number of benzene rings is 1. The van der Waals surface area contributed by atoms with E-state index in [9.17, 15) is 0 Å². The summed E-state index contributed by atoms with van der Waals surface area (Å²) in [5.41, 5.74) is 1.07. The molecule has 0 atom stereocenters. The molecule has 0 N–H and O–H groups in total. The molecule has 1 aromatic heterocycles. The van der Waals surface area contributed by atoms with Crippen LogP contribution >= 0.6 is 23.2 Å². The maximum absolute atomic E-state index is 6.19. The van der Waals surface area contributed by atoms with Gasteiger partial charge in [-0.1, -0.05) is 41.4 Å². The number of halogens is 2. The highest BCUT2D eigenvalue weighted by Gasteiger charge is 2.27. The van der Waals surface area contributed by atoms with Crippen molar-refractivity contribution < 1.29 is 0 Å². The summed E-state index contributed by atoms with van der Waals surface area (Å²) in [6, 6.07) is 9.62. The van der Waals surface area contributed by atoms with Gasteiger partial charge in [0.25, 0.3) is 0 Å². The van der Waals surface area contributed by atoms with Gasteiger partial charge in [-0.15, -0.1) is 0 Å². The minimum absolute atomic E-state index is 0.487. The molecule has 20 heavy (non-hydrogen) atoms. The molecule has 0 spiro atoms. The zero-order valence-corrected chi connectivity index (χ0v) is 12.7. The van der Waals surface area contributed by atoms with Crippen LogP contribution in [0.4, 0.5) is 5.82 Å². The first-order valence-corrected chi connectivity index (χ1v) is 7.38. The molecule has 0 radical (unpaired) electrons. The average Bonchev–Trinajstić information content (AvgIpc) is 3.25. The van der Waals surface area contributed by atoms with E-state index in [1.807, 2.05) is 36.2 Å². The normalized spacial score (nSPS) is 14.3. The fraction of sp³-hybridized carbons (Fsp3) is 0.333. The van der Waals surface area contributed by atoms with Crippen LogP contribution in [0.1, 0.15) is 30.1 Å². The highest BCUT2D eigenvalue weighted by atomic mass is 35.5. The van der Waals surface area contributed by atoms with Crippen LogP contribution in [0.15, 0.2) is 30.3 Å². The number of hydrogen-bond acceptors (Lipinski definition) is 3. The molecule has 1 aromatic carbocycles. The minimum Gasteiger partial charge on any atom is -0.355 e. The number of rotatable bonds is 4. The summed E-state index contributed by atoms with van der Waals surface area (Å²) in [7, 11) is 1.98. The van der Waals surface area contributed by atoms with Crippen LogP contribution < -0.4 is 4.90 Å². The summed E-state index contributed by atoms with van der Waals surface area (Å²) in [6.07, 6.45) is 2.32. The number of anilines is 1. The predicted molar refractivity (Wildman–Crippen MR) is 82.6 cm³/mol. The zero-order valence-electron chi connectivity index (χ0n) is 11.2. The lowest BCUT2D eigenvalue weighted by atomic mass is 10.2. The first kappa shape index (κ1) is 13.7. The van der Waals surface area contributed by atoms with Crippen LogP contribution in [0.3, 0.4) is 0 Å². The number of nitrogens with zero attached hydrogens (tertiary/aromatic N) is 3. The Morgan fingerprint density at radius 3 is 2.65 bits per heavy atom. The highest BCUT2D eigenvalue weighted by Crippen LogP contribution is 2.39. The summed E-state index contributed by atoms with van der Waals surface area (Å²) in [5, 5.41) is 1.27. The molecule has 3 nitrogen and oxygen atoms in total. The predicted octanol–water partition coefficient (Wildman–Crippen LogP) is 4.30. The highest BCUT2D eigenvalue weighted by molar-refractivity contribution is 6.31. The summed E-state index contributed by atoms with van der Waals surface area (Å²) in [6.45, 7) is 0.692. The molecule has 104 valence electrons. The Bertz CT molecular complexity index is 626. The van der Waals surface area contributed by atoms with E-state index in [-0.39, 0.29) is 0 Å². The fourth-order valence-electron chi connectivity index (χ4n) is 2.11. The average molecular weight is 308 g/mol. The van der Waals surface area contributed by atoms with Gasteiger partial charge in [0.2, 0.25) is 0 Å². The van der Waals surface area contributed by atoms with E-state index in [1.54, 1.807) is 6.07 Å². The lowest BCUT2D eigenvalue weighted by molar-refractivity contribution is 0.854. The van der Waals surface area contributed by atoms with Crippen molar-refractivity contribution in [2.75, 3.05) is 11.9 Å². The largest absolute Gasteiger partial charge is 0.355 e. The van der Waals surface area contributed by atoms with Crippen LogP contribution in [0.5, 0.6) is 0 Å². The first-order valence-electron chi connectivity index (χ1n) is 6.62. The summed E-state index contributed by atoms with van der Waals surface area (Å²) in [5.74, 6) is 2.19. The molecule has 0 unspecified atom stereocenters. The van der Waals surface area contributed by atoms with Crippen molar-refractivity contribution in [3.8, 4) is 0 Å². The van der Waals surface area contributed by atoms with E-state index in [0.717, 1.165) is 35.1 Å². The molecule has 5 heteroatoms. The van der Waals surface area contributed by atoms with Crippen molar-refractivity contribution in [3.05, 3.63) is 51.9 Å². The topological polar surface area (TPSA) is 29.0 Å². The smallest absolute Gasteiger partial charge is 0.135 e. The molecular weight excluding hydrogens is 293 g/mol. The Balaban J connectivity index is 1.83. The second kappa shape index (κ2) is 5.58. The van der Waals surface area contributed by atoms with E-state index in [0.29, 0.717) is 17.6 Å². The minimum atomic E-state index is 0.487. The van der Waals surface area contributed by atoms with Gasteiger partial charge in [0.05, 0.1) is 0 Å². The van der Waals surface area contributed by atoms with Gasteiger partial charge in [-0.3, -0.25) is 0 Å². The van der Waals surface area contributed by atoms with E-state index >= 15 is 0 Å². The summed E-state index contributed by atoms with van der Waals surface area (Å²) >= 11 is 12.3. The van der Waals surface area contributed by atoms with Crippen LogP contribution in [0, 0.1) is 0 Å². The van der Waals surface area contributed by atoms with Crippen LogP contribution in [-0.2, 0) is 6.54 Å². The van der Waals surface area contributed by atoms with Crippen molar-refractivity contribution in [2.45, 2.75) is 25.3 Å². The zero-order chi connectivity index (χ0) is 14.1. The Labute approximate surface area is 128 Å². The summed E-state index contributed by atoms with van der Waals surface area (Å²) in [4.78, 5) is 11.0. The molecule has 1 fully saturated rings. The van der Waals surface area contributed by atoms with E-state index in [1.165, 1.54) is 0 Å². The van der Waals surface area contributed by atoms with Crippen molar-refractivity contribution in [3.63, 3.8) is 0 Å². The van der Waals surface area contributed by atoms with Gasteiger partial charge in [-0.05, 0) is 24.5 Å². The van der Waals surface area contributed by atoms with Gasteiger partial charge >= 0.3 is 0 Å². The molecule has 0 aliphatic heterocycles. The van der Waals surface area contributed by atoms with Gasteiger partial charge in [0.15, 0.2) is 0 Å². The maximum Gasteiger partial charge on any atom is 0.135 e. The molecule has 3 rings (SSSR count). The lowest BCUT2D eigenvalue weighted by Gasteiger charge is -2.19. The van der Waals surface area contributed by atoms with Gasteiger partial charge in [0.1, 0.15) is 16.8 Å². The van der Waals surface area contributed by atoms with Gasteiger partial charge < -0.3 is 4.90 Å². The molecule has 2 aromatic rings. The first-order chi connectivity index (χ1) is 9.63. The van der Waals surface area contributed by atoms with E-state index in [4.69, 9.17) is 23.2 Å². The fourth-order valence-corrected chi connectivity index (χ4v) is 2.49. The Kier molecular flexibility index (Phi) is 3.81. The van der Waals surface area contributed by atoms with Crippen molar-refractivity contribution >= 4 is 29.0 Å². The monoisotopic (exact) mass is 307 g/mol. The lowest BCUT2D eigenvalue weighted by Crippen LogP contribution is -2.18. The van der Waals surface area contributed by atoms with Crippen molar-refractivity contribution in [1.29, 1.82) is 0 Å². The molecular formula is C15H15Cl2N3. The Morgan fingerprint density at radius 1 is 1.20 bits per heavy atom. The molecule has 1 aliphatic rings. The molecule has 1 aliphatic carbocycles. The third-order valence-electron chi connectivity index (χ3n) is 3.40. The molecule has 1 heterocycles. The van der Waals surface area contributed by atoms with Gasteiger partial charge in [-0.2, -0.15) is 0 Å². The van der Waals surface area contributed by atoms with Crippen LogP contribution in [0.25, 0.3) is 0 Å². The summed E-state index contributed by atoms with van der Waals surface area (Å²) < 4.78 is 0. The molecule has 0 amide bonds. The molecule has 1 saturated carbocycles. The van der Waals surface area contributed by atoms with E-state index in [2.05, 4.69) is 9.97 Å². The Morgan fingerprint density at radius 2 is 1.95 bits per heavy atom. The van der Waals surface area contributed by atoms with Crippen molar-refractivity contribution in [1.82, 2.24) is 9.97 Å². The molecule has 0 bridgehead atoms. The SMILES string of the molecule is CN(Cc1ccccc1Cl)c1cc(Cl)nc(C2CC2)n1.